The number of nitrogens with zero attached hydrogens (tertiary/aromatic N) is 2. The van der Waals surface area contributed by atoms with Gasteiger partial charge in [-0.3, -0.25) is 0 Å². The molecule has 102 valence electrons. The van der Waals surface area contributed by atoms with Crippen LogP contribution in [0.15, 0.2) is 6.20 Å². The van der Waals surface area contributed by atoms with Gasteiger partial charge in [0, 0.05) is 38.0 Å². The number of unbranched alkanes of at least 4 members (excludes halogenated alkanes) is 1. The lowest BCUT2D eigenvalue weighted by Crippen LogP contribution is -2.25. The quantitative estimate of drug-likeness (QED) is 0.808. The smallest absolute Gasteiger partial charge is 0.106 e. The number of H-pyrrole nitrogens is 1. The van der Waals surface area contributed by atoms with Gasteiger partial charge in [0.25, 0.3) is 0 Å². The fraction of sp³-hybridized carbons (Fsp3) is 0.786. The summed E-state index contributed by atoms with van der Waals surface area (Å²) in [5.74, 6) is 1.84. The summed E-state index contributed by atoms with van der Waals surface area (Å²) >= 11 is 0. The highest BCUT2D eigenvalue weighted by Gasteiger charge is 2.17. The molecular weight excluding hydrogens is 226 g/mol. The first-order valence-electron chi connectivity index (χ1n) is 7.07. The lowest BCUT2D eigenvalue weighted by molar-refractivity contribution is 0.172. The van der Waals surface area contributed by atoms with Crippen LogP contribution in [0.1, 0.15) is 37.7 Å². The minimum absolute atomic E-state index is 0.706. The molecule has 1 saturated heterocycles. The summed E-state index contributed by atoms with van der Waals surface area (Å²) in [6.45, 7) is 6.14. The molecule has 2 rings (SSSR count). The van der Waals surface area contributed by atoms with Crippen LogP contribution in [0, 0.1) is 5.92 Å². The fourth-order valence-corrected chi connectivity index (χ4v) is 2.48. The van der Waals surface area contributed by atoms with Crippen molar-refractivity contribution in [2.24, 2.45) is 5.92 Å². The number of aromatic nitrogens is 2. The molecular formula is C14H25N3O. The number of hydrogen-bond donors (Lipinski definition) is 1. The molecule has 0 bridgehead atoms. The normalized spacial score (nSPS) is 19.8. The number of aryl methyl sites for hydroxylation is 1. The van der Waals surface area contributed by atoms with Crippen LogP contribution in [0.3, 0.4) is 0 Å². The number of imidazole rings is 1. The first-order chi connectivity index (χ1) is 8.78. The zero-order valence-electron chi connectivity index (χ0n) is 11.6. The molecule has 1 fully saturated rings. The molecule has 1 N–H and O–H groups in total. The lowest BCUT2D eigenvalue weighted by Gasteiger charge is -2.18. The molecule has 1 atom stereocenters. The van der Waals surface area contributed by atoms with Gasteiger partial charge in [0.05, 0.1) is 6.61 Å². The van der Waals surface area contributed by atoms with Crippen LogP contribution in [0.4, 0.5) is 0 Å². The Labute approximate surface area is 110 Å². The Bertz CT molecular complexity index is 345. The van der Waals surface area contributed by atoms with Crippen molar-refractivity contribution in [3.05, 3.63) is 17.7 Å². The monoisotopic (exact) mass is 251 g/mol. The molecule has 0 radical (unpaired) electrons. The second kappa shape index (κ2) is 6.90. The van der Waals surface area contributed by atoms with Crippen LogP contribution in [0.5, 0.6) is 0 Å². The number of ether oxygens (including phenoxy) is 1. The molecule has 1 aliphatic heterocycles. The van der Waals surface area contributed by atoms with E-state index in [1.54, 1.807) is 0 Å². The van der Waals surface area contributed by atoms with Crippen molar-refractivity contribution < 1.29 is 4.74 Å². The van der Waals surface area contributed by atoms with Crippen molar-refractivity contribution >= 4 is 0 Å². The van der Waals surface area contributed by atoms with Gasteiger partial charge in [-0.1, -0.05) is 13.3 Å². The van der Waals surface area contributed by atoms with Crippen molar-refractivity contribution in [3.63, 3.8) is 0 Å². The molecule has 1 aromatic heterocycles. The topological polar surface area (TPSA) is 41.2 Å². The van der Waals surface area contributed by atoms with Crippen LogP contribution in [-0.4, -0.2) is 41.7 Å². The zero-order valence-corrected chi connectivity index (χ0v) is 11.6. The van der Waals surface area contributed by atoms with E-state index in [0.29, 0.717) is 5.92 Å². The Morgan fingerprint density at radius 2 is 2.44 bits per heavy atom. The highest BCUT2D eigenvalue weighted by atomic mass is 16.5. The van der Waals surface area contributed by atoms with Crippen molar-refractivity contribution in [2.45, 2.75) is 39.2 Å². The summed E-state index contributed by atoms with van der Waals surface area (Å²) in [5.41, 5.74) is 1.22. The van der Waals surface area contributed by atoms with Gasteiger partial charge in [-0.15, -0.1) is 0 Å². The number of aromatic amines is 1. The van der Waals surface area contributed by atoms with E-state index in [2.05, 4.69) is 28.8 Å². The molecule has 18 heavy (non-hydrogen) atoms. The molecule has 0 unspecified atom stereocenters. The van der Waals surface area contributed by atoms with Crippen LogP contribution >= 0.6 is 0 Å². The molecule has 0 saturated carbocycles. The van der Waals surface area contributed by atoms with Gasteiger partial charge in [-0.2, -0.15) is 0 Å². The van der Waals surface area contributed by atoms with Crippen molar-refractivity contribution in [3.8, 4) is 0 Å². The maximum absolute atomic E-state index is 5.41. The summed E-state index contributed by atoms with van der Waals surface area (Å²) in [5, 5.41) is 0. The van der Waals surface area contributed by atoms with E-state index < -0.39 is 0 Å². The Morgan fingerprint density at radius 1 is 1.56 bits per heavy atom. The van der Waals surface area contributed by atoms with Gasteiger partial charge in [-0.05, 0) is 25.8 Å². The Kier molecular flexibility index (Phi) is 5.20. The third-order valence-electron chi connectivity index (χ3n) is 3.48. The Morgan fingerprint density at radius 3 is 3.17 bits per heavy atom. The van der Waals surface area contributed by atoms with Gasteiger partial charge in [0.1, 0.15) is 5.82 Å². The minimum atomic E-state index is 0.706. The van der Waals surface area contributed by atoms with Crippen LogP contribution < -0.4 is 0 Å². The van der Waals surface area contributed by atoms with Crippen LogP contribution in [-0.2, 0) is 17.7 Å². The predicted molar refractivity (Wildman–Crippen MR) is 72.5 cm³/mol. The number of hydrogen-bond acceptors (Lipinski definition) is 3. The molecule has 0 spiro atoms. The van der Waals surface area contributed by atoms with Crippen LogP contribution in [0.25, 0.3) is 0 Å². The van der Waals surface area contributed by atoms with Crippen molar-refractivity contribution in [2.75, 3.05) is 26.8 Å². The average molecular weight is 251 g/mol. The van der Waals surface area contributed by atoms with Crippen molar-refractivity contribution in [1.29, 1.82) is 0 Å². The summed E-state index contributed by atoms with van der Waals surface area (Å²) in [4.78, 5) is 10.2. The standard InChI is InChI=1S/C14H25N3O/c1-3-4-5-14-15-8-13(16-14)10-17(2)9-12-6-7-18-11-12/h8,12H,3-7,9-11H2,1-2H3,(H,15,16)/t12-/m0/s1. The molecule has 0 aliphatic carbocycles. The third-order valence-corrected chi connectivity index (χ3v) is 3.48. The minimum Gasteiger partial charge on any atom is -0.381 e. The SMILES string of the molecule is CCCCc1ncc(CN(C)C[C@@H]2CCOC2)[nH]1. The average Bonchev–Trinajstić information content (AvgIpc) is 2.98. The van der Waals surface area contributed by atoms with E-state index in [1.807, 2.05) is 6.20 Å². The highest BCUT2D eigenvalue weighted by Crippen LogP contribution is 2.14. The summed E-state index contributed by atoms with van der Waals surface area (Å²) in [7, 11) is 2.17. The third kappa shape index (κ3) is 4.10. The summed E-state index contributed by atoms with van der Waals surface area (Å²) in [6, 6.07) is 0. The molecule has 1 aliphatic rings. The lowest BCUT2D eigenvalue weighted by atomic mass is 10.1. The van der Waals surface area contributed by atoms with Gasteiger partial charge in [0.15, 0.2) is 0 Å². The van der Waals surface area contributed by atoms with E-state index in [9.17, 15) is 0 Å². The second-order valence-electron chi connectivity index (χ2n) is 5.39. The van der Waals surface area contributed by atoms with E-state index in [4.69, 9.17) is 4.74 Å². The maximum atomic E-state index is 5.41. The molecule has 0 aromatic carbocycles. The van der Waals surface area contributed by atoms with E-state index in [-0.39, 0.29) is 0 Å². The van der Waals surface area contributed by atoms with E-state index in [0.717, 1.165) is 38.5 Å². The van der Waals surface area contributed by atoms with Gasteiger partial charge >= 0.3 is 0 Å². The van der Waals surface area contributed by atoms with Gasteiger partial charge in [-0.25, -0.2) is 4.98 Å². The first-order valence-corrected chi connectivity index (χ1v) is 7.07. The van der Waals surface area contributed by atoms with E-state index in [1.165, 1.54) is 25.0 Å². The van der Waals surface area contributed by atoms with Crippen molar-refractivity contribution in [1.82, 2.24) is 14.9 Å². The predicted octanol–water partition coefficient (Wildman–Crippen LogP) is 2.22. The number of rotatable bonds is 7. The Balaban J connectivity index is 1.75. The molecule has 0 amide bonds. The zero-order chi connectivity index (χ0) is 12.8. The molecule has 4 heteroatoms. The van der Waals surface area contributed by atoms with Gasteiger partial charge < -0.3 is 14.6 Å². The number of nitrogens with one attached hydrogen (secondary N) is 1. The van der Waals surface area contributed by atoms with Crippen LogP contribution in [0.2, 0.25) is 0 Å². The molecule has 4 nitrogen and oxygen atoms in total. The van der Waals surface area contributed by atoms with E-state index >= 15 is 0 Å². The molecule has 2 heterocycles. The Hall–Kier alpha value is -0.870. The molecule has 1 aromatic rings. The first kappa shape index (κ1) is 13.6. The summed E-state index contributed by atoms with van der Waals surface area (Å²) in [6.07, 6.45) is 6.68. The van der Waals surface area contributed by atoms with Gasteiger partial charge in [0.2, 0.25) is 0 Å². The summed E-state index contributed by atoms with van der Waals surface area (Å²) < 4.78 is 5.41. The fourth-order valence-electron chi connectivity index (χ4n) is 2.48. The maximum Gasteiger partial charge on any atom is 0.106 e. The highest BCUT2D eigenvalue weighted by molar-refractivity contribution is 5.01. The second-order valence-corrected chi connectivity index (χ2v) is 5.39. The largest absolute Gasteiger partial charge is 0.381 e.